The van der Waals surface area contributed by atoms with E-state index in [0.717, 1.165) is 18.7 Å². The molecular weight excluding hydrogens is 254 g/mol. The third-order valence-electron chi connectivity index (χ3n) is 2.99. The minimum absolute atomic E-state index is 0.516. The molecule has 2 rings (SSSR count). The van der Waals surface area contributed by atoms with Crippen LogP contribution in [0.4, 0.5) is 0 Å². The summed E-state index contributed by atoms with van der Waals surface area (Å²) in [5, 5.41) is 10.1. The van der Waals surface area contributed by atoms with E-state index >= 15 is 0 Å². The number of ether oxygens (including phenoxy) is 1. The number of para-hydroxylation sites is 1. The zero-order valence-electron chi connectivity index (χ0n) is 12.2. The molecule has 20 heavy (non-hydrogen) atoms. The molecule has 0 bridgehead atoms. The van der Waals surface area contributed by atoms with E-state index in [1.54, 1.807) is 16.7 Å². The number of hydrogen-bond acceptors (Lipinski definition) is 4. The number of aliphatic hydroxyl groups excluding tert-OH is 1. The number of aryl methyl sites for hydroxylation is 1. The number of aromatic nitrogens is 2. The Hall–Kier alpha value is -1.85. The van der Waals surface area contributed by atoms with E-state index in [9.17, 15) is 5.11 Å². The summed E-state index contributed by atoms with van der Waals surface area (Å²) < 4.78 is 7.29. The van der Waals surface area contributed by atoms with Gasteiger partial charge in [0.1, 0.15) is 5.75 Å². The van der Waals surface area contributed by atoms with Crippen LogP contribution in [0.2, 0.25) is 0 Å². The molecule has 1 heterocycles. The van der Waals surface area contributed by atoms with E-state index in [1.807, 2.05) is 45.5 Å². The first-order valence-corrected chi connectivity index (χ1v) is 6.63. The maximum atomic E-state index is 10.1. The van der Waals surface area contributed by atoms with E-state index in [0.29, 0.717) is 11.6 Å². The van der Waals surface area contributed by atoms with Crippen molar-refractivity contribution in [2.75, 3.05) is 20.6 Å². The van der Waals surface area contributed by atoms with Crippen LogP contribution in [-0.2, 0) is 13.5 Å². The summed E-state index contributed by atoms with van der Waals surface area (Å²) in [4.78, 5) is 6.54. The summed E-state index contributed by atoms with van der Waals surface area (Å²) >= 11 is 0. The molecule has 0 saturated heterocycles. The molecule has 1 N–H and O–H groups in total. The van der Waals surface area contributed by atoms with Gasteiger partial charge in [0, 0.05) is 26.2 Å². The normalized spacial score (nSPS) is 12.7. The van der Waals surface area contributed by atoms with Crippen molar-refractivity contribution < 1.29 is 9.84 Å². The predicted octanol–water partition coefficient (Wildman–Crippen LogP) is 1.59. The van der Waals surface area contributed by atoms with Crippen LogP contribution in [0.3, 0.4) is 0 Å². The van der Waals surface area contributed by atoms with Gasteiger partial charge in [0.2, 0.25) is 0 Å². The second-order valence-corrected chi connectivity index (χ2v) is 5.04. The van der Waals surface area contributed by atoms with Gasteiger partial charge in [-0.05, 0) is 26.2 Å². The highest BCUT2D eigenvalue weighted by molar-refractivity contribution is 5.21. The first-order chi connectivity index (χ1) is 9.56. The van der Waals surface area contributed by atoms with Gasteiger partial charge in [-0.3, -0.25) is 0 Å². The molecule has 0 saturated carbocycles. The minimum atomic E-state index is -1.06. The number of benzene rings is 1. The number of nitrogens with zero attached hydrogens (tertiary/aromatic N) is 3. The molecule has 1 aromatic heterocycles. The predicted molar refractivity (Wildman–Crippen MR) is 77.5 cm³/mol. The van der Waals surface area contributed by atoms with Gasteiger partial charge in [0.15, 0.2) is 5.82 Å². The topological polar surface area (TPSA) is 50.5 Å². The lowest BCUT2D eigenvalue weighted by atomic mass is 10.3. The lowest BCUT2D eigenvalue weighted by Crippen LogP contribution is -2.15. The van der Waals surface area contributed by atoms with Gasteiger partial charge in [-0.15, -0.1) is 0 Å². The highest BCUT2D eigenvalue weighted by Gasteiger charge is 2.16. The first-order valence-electron chi connectivity index (χ1n) is 6.63. The average molecular weight is 275 g/mol. The zero-order valence-corrected chi connectivity index (χ0v) is 12.2. The van der Waals surface area contributed by atoms with Gasteiger partial charge in [0.25, 0.3) is 6.29 Å². The molecule has 0 fully saturated rings. The highest BCUT2D eigenvalue weighted by atomic mass is 16.6. The average Bonchev–Trinajstić information content (AvgIpc) is 2.79. The summed E-state index contributed by atoms with van der Waals surface area (Å²) in [7, 11) is 5.91. The van der Waals surface area contributed by atoms with Crippen molar-refractivity contribution in [3.8, 4) is 5.75 Å². The maximum absolute atomic E-state index is 10.1. The summed E-state index contributed by atoms with van der Waals surface area (Å²) in [6.45, 7) is 0.923. The zero-order chi connectivity index (χ0) is 14.5. The molecule has 5 nitrogen and oxygen atoms in total. The molecule has 0 aliphatic rings. The first kappa shape index (κ1) is 14.6. The quantitative estimate of drug-likeness (QED) is 0.814. The Balaban J connectivity index is 2.04. The maximum Gasteiger partial charge on any atom is 0.257 e. The van der Waals surface area contributed by atoms with Gasteiger partial charge >= 0.3 is 0 Å². The van der Waals surface area contributed by atoms with Crippen LogP contribution in [0.25, 0.3) is 0 Å². The molecule has 0 aliphatic heterocycles. The van der Waals surface area contributed by atoms with Crippen LogP contribution in [0, 0.1) is 0 Å². The second kappa shape index (κ2) is 6.54. The van der Waals surface area contributed by atoms with Crippen molar-refractivity contribution in [3.63, 3.8) is 0 Å². The monoisotopic (exact) mass is 275 g/mol. The largest absolute Gasteiger partial charge is 0.457 e. The number of imidazole rings is 1. The molecular formula is C15H21N3O2. The van der Waals surface area contributed by atoms with Gasteiger partial charge in [-0.1, -0.05) is 18.2 Å². The second-order valence-electron chi connectivity index (χ2n) is 5.04. The molecule has 1 atom stereocenters. The highest BCUT2D eigenvalue weighted by Crippen LogP contribution is 2.19. The van der Waals surface area contributed by atoms with Crippen molar-refractivity contribution in [2.45, 2.75) is 12.7 Å². The molecule has 0 amide bonds. The number of hydrogen-bond donors (Lipinski definition) is 1. The summed E-state index contributed by atoms with van der Waals surface area (Å²) in [6, 6.07) is 9.24. The van der Waals surface area contributed by atoms with Gasteiger partial charge in [-0.25, -0.2) is 4.98 Å². The Labute approximate surface area is 119 Å². The van der Waals surface area contributed by atoms with E-state index in [2.05, 4.69) is 9.88 Å². The van der Waals surface area contributed by atoms with E-state index in [4.69, 9.17) is 4.74 Å². The molecule has 1 aromatic carbocycles. The SMILES string of the molecule is CN(C)CCc1cn(C)c(C(O)Oc2ccccc2)n1. The van der Waals surface area contributed by atoms with Crippen LogP contribution >= 0.6 is 0 Å². The van der Waals surface area contributed by atoms with Crippen LogP contribution in [0.1, 0.15) is 17.8 Å². The van der Waals surface area contributed by atoms with E-state index in [-0.39, 0.29) is 0 Å². The lowest BCUT2D eigenvalue weighted by molar-refractivity contribution is -0.0284. The van der Waals surface area contributed by atoms with E-state index in [1.165, 1.54) is 0 Å². The Morgan fingerprint density at radius 3 is 2.65 bits per heavy atom. The van der Waals surface area contributed by atoms with Gasteiger partial charge < -0.3 is 19.3 Å². The van der Waals surface area contributed by atoms with Crippen LogP contribution in [0.15, 0.2) is 36.5 Å². The Morgan fingerprint density at radius 1 is 1.30 bits per heavy atom. The number of aliphatic hydroxyl groups is 1. The third-order valence-corrected chi connectivity index (χ3v) is 2.99. The summed E-state index contributed by atoms with van der Waals surface area (Å²) in [5.74, 6) is 1.14. The van der Waals surface area contributed by atoms with Crippen molar-refractivity contribution in [1.82, 2.24) is 14.5 Å². The van der Waals surface area contributed by atoms with Crippen molar-refractivity contribution in [2.24, 2.45) is 7.05 Å². The number of likely N-dealkylation sites (N-methyl/N-ethyl adjacent to an activating group) is 1. The summed E-state index contributed by atoms with van der Waals surface area (Å²) in [5.41, 5.74) is 0.951. The van der Waals surface area contributed by atoms with Gasteiger partial charge in [-0.2, -0.15) is 0 Å². The van der Waals surface area contributed by atoms with Crippen LogP contribution in [-0.4, -0.2) is 40.2 Å². The molecule has 2 aromatic rings. The molecule has 108 valence electrons. The molecule has 5 heteroatoms. The van der Waals surface area contributed by atoms with Crippen LogP contribution in [0.5, 0.6) is 5.75 Å². The molecule has 0 aliphatic carbocycles. The number of rotatable bonds is 6. The van der Waals surface area contributed by atoms with Crippen molar-refractivity contribution >= 4 is 0 Å². The van der Waals surface area contributed by atoms with Crippen LogP contribution < -0.4 is 4.74 Å². The fourth-order valence-corrected chi connectivity index (χ4v) is 1.91. The Kier molecular flexibility index (Phi) is 4.76. The Bertz CT molecular complexity index is 537. The summed E-state index contributed by atoms with van der Waals surface area (Å²) in [6.07, 6.45) is 1.71. The standard InChI is InChI=1S/C15H21N3O2/c1-17(2)10-9-12-11-18(3)14(16-12)15(19)20-13-7-5-4-6-8-13/h4-8,11,15,19H,9-10H2,1-3H3. The van der Waals surface area contributed by atoms with Gasteiger partial charge in [0.05, 0.1) is 5.69 Å². The Morgan fingerprint density at radius 2 is 2.00 bits per heavy atom. The minimum Gasteiger partial charge on any atom is -0.457 e. The molecule has 0 radical (unpaired) electrons. The lowest BCUT2D eigenvalue weighted by Gasteiger charge is -2.12. The molecule has 0 spiro atoms. The fraction of sp³-hybridized carbons (Fsp3) is 0.400. The van der Waals surface area contributed by atoms with E-state index < -0.39 is 6.29 Å². The van der Waals surface area contributed by atoms with Crippen molar-refractivity contribution in [1.29, 1.82) is 0 Å². The smallest absolute Gasteiger partial charge is 0.257 e. The van der Waals surface area contributed by atoms with Crippen molar-refractivity contribution in [3.05, 3.63) is 48.0 Å². The third kappa shape index (κ3) is 3.82. The molecule has 1 unspecified atom stereocenters. The fourth-order valence-electron chi connectivity index (χ4n) is 1.91.